The van der Waals surface area contributed by atoms with Gasteiger partial charge in [0.05, 0.1) is 11.7 Å². The summed E-state index contributed by atoms with van der Waals surface area (Å²) in [7, 11) is 0.0125. The molecule has 6 atom stereocenters. The molecule has 0 amide bonds. The van der Waals surface area contributed by atoms with Gasteiger partial charge in [0.1, 0.15) is 0 Å². The average Bonchev–Trinajstić information content (AvgIpc) is 2.74. The number of hydrogen-bond donors (Lipinski definition) is 0. The summed E-state index contributed by atoms with van der Waals surface area (Å²) >= 11 is 0. The van der Waals surface area contributed by atoms with E-state index in [0.717, 1.165) is 11.8 Å². The van der Waals surface area contributed by atoms with Gasteiger partial charge >= 0.3 is 7.12 Å². The van der Waals surface area contributed by atoms with E-state index in [4.69, 9.17) is 9.31 Å². The first-order chi connectivity index (χ1) is 6.58. The maximum atomic E-state index is 6.02. The maximum absolute atomic E-state index is 6.02. The summed E-state index contributed by atoms with van der Waals surface area (Å²) < 4.78 is 11.9. The van der Waals surface area contributed by atoms with Crippen molar-refractivity contribution in [3.8, 4) is 0 Å². The molecule has 14 heavy (non-hydrogen) atoms. The van der Waals surface area contributed by atoms with Crippen molar-refractivity contribution in [1.29, 1.82) is 0 Å². The third-order valence-electron chi connectivity index (χ3n) is 5.54. The van der Waals surface area contributed by atoms with Gasteiger partial charge in [-0.1, -0.05) is 6.92 Å². The molecule has 0 aromatic carbocycles. The van der Waals surface area contributed by atoms with E-state index < -0.39 is 0 Å². The Bertz CT molecular complexity index is 320. The van der Waals surface area contributed by atoms with Crippen molar-refractivity contribution in [2.24, 2.45) is 23.2 Å². The fraction of sp³-hybridized carbons (Fsp3) is 1.00. The van der Waals surface area contributed by atoms with Crippen molar-refractivity contribution >= 4 is 7.12 Å². The Hall–Kier alpha value is -0.0151. The van der Waals surface area contributed by atoms with Gasteiger partial charge < -0.3 is 9.31 Å². The molecule has 3 aliphatic carbocycles. The zero-order chi connectivity index (χ0) is 9.72. The van der Waals surface area contributed by atoms with Crippen LogP contribution in [-0.4, -0.2) is 18.8 Å². The molecule has 3 heteroatoms. The molecule has 3 saturated carbocycles. The highest BCUT2D eigenvalue weighted by Gasteiger charge is 2.83. The lowest BCUT2D eigenvalue weighted by atomic mass is 9.55. The molecular weight excluding hydrogens is 175 g/mol. The van der Waals surface area contributed by atoms with Gasteiger partial charge in [-0.25, -0.2) is 0 Å². The van der Waals surface area contributed by atoms with Gasteiger partial charge in [0.2, 0.25) is 0 Å². The zero-order valence-electron chi connectivity index (χ0n) is 9.12. The van der Waals surface area contributed by atoms with E-state index in [1.165, 1.54) is 12.8 Å². The van der Waals surface area contributed by atoms with Crippen LogP contribution in [0.3, 0.4) is 0 Å². The summed E-state index contributed by atoms with van der Waals surface area (Å²) in [4.78, 5) is 0. The molecule has 0 aromatic heterocycles. The van der Waals surface area contributed by atoms with E-state index in [0.29, 0.717) is 17.4 Å². The predicted molar refractivity (Wildman–Crippen MR) is 53.8 cm³/mol. The highest BCUT2D eigenvalue weighted by Crippen LogP contribution is 2.82. The zero-order valence-corrected chi connectivity index (χ0v) is 9.12. The topological polar surface area (TPSA) is 18.5 Å². The Labute approximate surface area is 85.5 Å². The summed E-state index contributed by atoms with van der Waals surface area (Å²) in [5.74, 6) is 2.45. The normalized spacial score (nSPS) is 68.4. The molecule has 76 valence electrons. The molecule has 4 fully saturated rings. The van der Waals surface area contributed by atoms with Gasteiger partial charge in [0.15, 0.2) is 0 Å². The smallest absolute Gasteiger partial charge is 0.408 e. The van der Waals surface area contributed by atoms with E-state index in [9.17, 15) is 0 Å². The minimum Gasteiger partial charge on any atom is -0.408 e. The van der Waals surface area contributed by atoms with Crippen LogP contribution in [0, 0.1) is 23.2 Å². The highest BCUT2D eigenvalue weighted by atomic mass is 16.6. The van der Waals surface area contributed by atoms with Crippen LogP contribution in [0.5, 0.6) is 0 Å². The molecule has 2 nitrogen and oxygen atoms in total. The van der Waals surface area contributed by atoms with E-state index in [2.05, 4.69) is 13.8 Å². The van der Waals surface area contributed by atoms with E-state index in [1.54, 1.807) is 0 Å². The van der Waals surface area contributed by atoms with Crippen LogP contribution in [-0.2, 0) is 9.31 Å². The molecule has 0 N–H and O–H groups in total. The fourth-order valence-corrected chi connectivity index (χ4v) is 5.11. The second-order valence-electron chi connectivity index (χ2n) is 6.08. The van der Waals surface area contributed by atoms with Crippen LogP contribution in [0.15, 0.2) is 0 Å². The minimum absolute atomic E-state index is 0.0125. The van der Waals surface area contributed by atoms with Crippen molar-refractivity contribution in [2.45, 2.75) is 45.2 Å². The summed E-state index contributed by atoms with van der Waals surface area (Å²) in [5, 5.41) is 0. The van der Waals surface area contributed by atoms with E-state index in [-0.39, 0.29) is 12.7 Å². The molecule has 0 radical (unpaired) electrons. The summed E-state index contributed by atoms with van der Waals surface area (Å²) in [5.41, 5.74) is 0.803. The maximum Gasteiger partial charge on any atom is 0.454 e. The third kappa shape index (κ3) is 0.603. The lowest BCUT2D eigenvalue weighted by Crippen LogP contribution is -2.66. The van der Waals surface area contributed by atoms with E-state index >= 15 is 0 Å². The Balaban J connectivity index is 1.78. The molecule has 1 spiro atoms. The van der Waals surface area contributed by atoms with Crippen LogP contribution in [0.1, 0.15) is 26.7 Å². The van der Waals surface area contributed by atoms with Crippen LogP contribution in [0.25, 0.3) is 0 Å². The highest BCUT2D eigenvalue weighted by molar-refractivity contribution is 6.43. The third-order valence-corrected chi connectivity index (χ3v) is 5.54. The lowest BCUT2D eigenvalue weighted by molar-refractivity contribution is -0.200. The molecule has 1 aliphatic heterocycles. The second-order valence-corrected chi connectivity index (χ2v) is 6.08. The monoisotopic (exact) mass is 192 g/mol. The van der Waals surface area contributed by atoms with Crippen LogP contribution in [0.4, 0.5) is 0 Å². The Morgan fingerprint density at radius 1 is 1.36 bits per heavy atom. The first-order valence-electron chi connectivity index (χ1n) is 5.91. The minimum atomic E-state index is 0.0125. The van der Waals surface area contributed by atoms with Gasteiger partial charge in [-0.15, -0.1) is 0 Å². The standard InChI is InChI=1S/C11H17BO2/c1-6-8-9-10(2,14-12(3)13-8)4-7-5-11(6,7)9/h6-9H,4-5H2,1-3H3/t6?,7-,8+,9?,10-,11+/m1/s1. The van der Waals surface area contributed by atoms with E-state index in [1.807, 2.05) is 6.82 Å². The molecule has 2 unspecified atom stereocenters. The van der Waals surface area contributed by atoms with Crippen LogP contribution in [0.2, 0.25) is 6.82 Å². The summed E-state index contributed by atoms with van der Waals surface area (Å²) in [6, 6.07) is 0. The van der Waals surface area contributed by atoms with Crippen molar-refractivity contribution in [2.75, 3.05) is 0 Å². The average molecular weight is 192 g/mol. The van der Waals surface area contributed by atoms with Gasteiger partial charge in [0.25, 0.3) is 0 Å². The SMILES string of the molecule is CB1O[C@H]2C(C)[C@@]34C[C@H]3C[C@@](C)(O1)C24. The van der Waals surface area contributed by atoms with Crippen molar-refractivity contribution in [3.63, 3.8) is 0 Å². The Kier molecular flexibility index (Phi) is 1.13. The number of rotatable bonds is 0. The first-order valence-corrected chi connectivity index (χ1v) is 5.91. The Morgan fingerprint density at radius 2 is 2.14 bits per heavy atom. The van der Waals surface area contributed by atoms with Gasteiger partial charge in [0, 0.05) is 5.92 Å². The number of hydrogen-bond acceptors (Lipinski definition) is 2. The van der Waals surface area contributed by atoms with Crippen molar-refractivity contribution < 1.29 is 9.31 Å². The van der Waals surface area contributed by atoms with Gasteiger partial charge in [-0.05, 0) is 43.8 Å². The first kappa shape index (κ1) is 8.17. The molecular formula is C11H17BO2. The molecule has 4 aliphatic rings. The summed E-state index contributed by atoms with van der Waals surface area (Å²) in [6.07, 6.45) is 3.23. The molecule has 1 saturated heterocycles. The molecule has 1 heterocycles. The van der Waals surface area contributed by atoms with Gasteiger partial charge in [-0.3, -0.25) is 0 Å². The summed E-state index contributed by atoms with van der Waals surface area (Å²) in [6.45, 7) is 6.73. The fourth-order valence-electron chi connectivity index (χ4n) is 5.11. The van der Waals surface area contributed by atoms with Crippen molar-refractivity contribution in [3.05, 3.63) is 0 Å². The second kappa shape index (κ2) is 1.94. The van der Waals surface area contributed by atoms with Crippen LogP contribution < -0.4 is 0 Å². The molecule has 0 bridgehead atoms. The van der Waals surface area contributed by atoms with Crippen molar-refractivity contribution in [1.82, 2.24) is 0 Å². The van der Waals surface area contributed by atoms with Crippen LogP contribution >= 0.6 is 0 Å². The largest absolute Gasteiger partial charge is 0.454 e. The lowest BCUT2D eigenvalue weighted by Gasteiger charge is -2.59. The Morgan fingerprint density at radius 3 is 2.93 bits per heavy atom. The van der Waals surface area contributed by atoms with Gasteiger partial charge in [-0.2, -0.15) is 0 Å². The quantitative estimate of drug-likeness (QED) is 0.546. The predicted octanol–water partition coefficient (Wildman–Crippen LogP) is 1.95. The molecule has 0 aromatic rings. The molecule has 4 rings (SSSR count).